The van der Waals surface area contributed by atoms with Crippen LogP contribution in [0.2, 0.25) is 0 Å². The zero-order valence-electron chi connectivity index (χ0n) is 10.0. The van der Waals surface area contributed by atoms with Gasteiger partial charge in [-0.1, -0.05) is 0 Å². The van der Waals surface area contributed by atoms with Crippen molar-refractivity contribution in [2.45, 2.75) is 25.1 Å². The highest BCUT2D eigenvalue weighted by atomic mass is 19.4. The van der Waals surface area contributed by atoms with Gasteiger partial charge in [0.25, 0.3) is 0 Å². The topological polar surface area (TPSA) is 58.1 Å². The summed E-state index contributed by atoms with van der Waals surface area (Å²) in [6.07, 6.45) is -0.108. The van der Waals surface area contributed by atoms with Crippen molar-refractivity contribution < 1.29 is 18.0 Å². The van der Waals surface area contributed by atoms with E-state index in [0.29, 0.717) is 18.9 Å². The molecule has 0 aromatic carbocycles. The van der Waals surface area contributed by atoms with E-state index >= 15 is 0 Å². The molecule has 1 aliphatic rings. The number of anilines is 1. The van der Waals surface area contributed by atoms with Gasteiger partial charge in [-0.3, -0.25) is 4.79 Å². The Bertz CT molecular complexity index is 437. The van der Waals surface area contributed by atoms with Gasteiger partial charge < -0.3 is 10.2 Å². The largest absolute Gasteiger partial charge is 0.405 e. The molecule has 1 atom stereocenters. The lowest BCUT2D eigenvalue weighted by Gasteiger charge is -2.23. The second-order valence-electron chi connectivity index (χ2n) is 4.23. The normalized spacial score (nSPS) is 19.5. The summed E-state index contributed by atoms with van der Waals surface area (Å²) < 4.78 is 36.2. The minimum atomic E-state index is -4.40. The molecule has 104 valence electrons. The van der Waals surface area contributed by atoms with Crippen molar-refractivity contribution in [3.8, 4) is 0 Å². The number of amides is 1. The first-order valence-corrected chi connectivity index (χ1v) is 5.85. The molecule has 1 fully saturated rings. The van der Waals surface area contributed by atoms with E-state index in [1.807, 2.05) is 5.32 Å². The summed E-state index contributed by atoms with van der Waals surface area (Å²) in [6, 6.07) is 1.00. The van der Waals surface area contributed by atoms with Gasteiger partial charge in [0.15, 0.2) is 0 Å². The Morgan fingerprint density at radius 2 is 2.11 bits per heavy atom. The van der Waals surface area contributed by atoms with Crippen molar-refractivity contribution in [3.63, 3.8) is 0 Å². The highest BCUT2D eigenvalue weighted by Crippen LogP contribution is 2.22. The molecule has 2 rings (SSSR count). The maximum absolute atomic E-state index is 12.1. The van der Waals surface area contributed by atoms with Crippen molar-refractivity contribution in [1.82, 2.24) is 15.3 Å². The molecule has 2 heterocycles. The molecule has 0 unspecified atom stereocenters. The molecule has 8 heteroatoms. The number of aromatic nitrogens is 2. The number of halogens is 3. The lowest BCUT2D eigenvalue weighted by molar-refractivity contribution is -0.139. The van der Waals surface area contributed by atoms with Gasteiger partial charge >= 0.3 is 6.18 Å². The first kappa shape index (κ1) is 13.6. The van der Waals surface area contributed by atoms with Crippen molar-refractivity contribution in [1.29, 1.82) is 0 Å². The highest BCUT2D eigenvalue weighted by molar-refractivity contribution is 5.85. The molecule has 1 aromatic heterocycles. The molecule has 1 saturated heterocycles. The van der Waals surface area contributed by atoms with Crippen LogP contribution in [0.3, 0.4) is 0 Å². The predicted octanol–water partition coefficient (Wildman–Crippen LogP) is 1.12. The minimum Gasteiger partial charge on any atom is -0.345 e. The third-order valence-electron chi connectivity index (χ3n) is 2.83. The van der Waals surface area contributed by atoms with Crippen LogP contribution in [-0.2, 0) is 4.79 Å². The molecule has 0 saturated carbocycles. The quantitative estimate of drug-likeness (QED) is 0.897. The third-order valence-corrected chi connectivity index (χ3v) is 2.83. The molecule has 0 radical (unpaired) electrons. The van der Waals surface area contributed by atoms with Crippen LogP contribution in [0.4, 0.5) is 19.1 Å². The zero-order chi connectivity index (χ0) is 13.9. The van der Waals surface area contributed by atoms with Gasteiger partial charge in [-0.2, -0.15) is 13.2 Å². The summed E-state index contributed by atoms with van der Waals surface area (Å²) in [4.78, 5) is 21.4. The Hall–Kier alpha value is -1.86. The molecule has 0 bridgehead atoms. The number of alkyl halides is 3. The van der Waals surface area contributed by atoms with Crippen molar-refractivity contribution in [3.05, 3.63) is 18.5 Å². The molecule has 5 nitrogen and oxygen atoms in total. The Morgan fingerprint density at radius 3 is 2.74 bits per heavy atom. The Kier molecular flexibility index (Phi) is 3.87. The van der Waals surface area contributed by atoms with E-state index in [9.17, 15) is 18.0 Å². The van der Waals surface area contributed by atoms with Crippen molar-refractivity contribution >= 4 is 11.9 Å². The first-order valence-electron chi connectivity index (χ1n) is 5.85. The molecular weight excluding hydrogens is 261 g/mol. The van der Waals surface area contributed by atoms with E-state index in [0.717, 1.165) is 6.42 Å². The number of hydrogen-bond donors (Lipinski definition) is 1. The van der Waals surface area contributed by atoms with Crippen LogP contribution in [0.5, 0.6) is 0 Å². The molecule has 19 heavy (non-hydrogen) atoms. The number of carbonyl (C=O) groups is 1. The lowest BCUT2D eigenvalue weighted by atomic mass is 10.2. The Morgan fingerprint density at radius 1 is 1.42 bits per heavy atom. The molecule has 1 aromatic rings. The van der Waals surface area contributed by atoms with Gasteiger partial charge in [0.1, 0.15) is 12.6 Å². The van der Waals surface area contributed by atoms with Gasteiger partial charge in [-0.05, 0) is 18.9 Å². The van der Waals surface area contributed by atoms with E-state index in [1.54, 1.807) is 11.0 Å². The molecule has 1 N–H and O–H groups in total. The van der Waals surface area contributed by atoms with E-state index in [1.165, 1.54) is 12.4 Å². The summed E-state index contributed by atoms with van der Waals surface area (Å²) in [7, 11) is 0. The number of hydrogen-bond acceptors (Lipinski definition) is 4. The minimum absolute atomic E-state index is 0.368. The average molecular weight is 274 g/mol. The Balaban J connectivity index is 2.01. The molecule has 0 spiro atoms. The van der Waals surface area contributed by atoms with Gasteiger partial charge in [-0.25, -0.2) is 9.97 Å². The number of nitrogens with zero attached hydrogens (tertiary/aromatic N) is 3. The second-order valence-corrected chi connectivity index (χ2v) is 4.23. The maximum Gasteiger partial charge on any atom is 0.405 e. The molecule has 1 amide bonds. The van der Waals surface area contributed by atoms with Crippen LogP contribution in [0.15, 0.2) is 18.5 Å². The van der Waals surface area contributed by atoms with Crippen molar-refractivity contribution in [2.75, 3.05) is 18.0 Å². The lowest BCUT2D eigenvalue weighted by Crippen LogP contribution is -2.46. The second kappa shape index (κ2) is 5.41. The van der Waals surface area contributed by atoms with E-state index in [-0.39, 0.29) is 0 Å². The monoisotopic (exact) mass is 274 g/mol. The summed E-state index contributed by atoms with van der Waals surface area (Å²) in [6.45, 7) is -0.750. The van der Waals surface area contributed by atoms with E-state index in [2.05, 4.69) is 9.97 Å². The standard InChI is InChI=1S/C11H13F3N4O/c12-11(13,14)7-17-9(19)8-3-1-6-18(8)10-15-4-2-5-16-10/h2,4-5,8H,1,3,6-7H2,(H,17,19)/t8-/m1/s1. The fraction of sp³-hybridized carbons (Fsp3) is 0.545. The van der Waals surface area contributed by atoms with Gasteiger partial charge in [-0.15, -0.1) is 0 Å². The molecule has 1 aliphatic heterocycles. The summed E-state index contributed by atoms with van der Waals surface area (Å²) in [5.74, 6) is -0.269. The number of nitrogens with one attached hydrogen (secondary N) is 1. The SMILES string of the molecule is O=C(NCC(F)(F)F)[C@H]1CCCN1c1ncccn1. The maximum atomic E-state index is 12.1. The van der Waals surface area contributed by atoms with E-state index in [4.69, 9.17) is 0 Å². The highest BCUT2D eigenvalue weighted by Gasteiger charge is 2.35. The number of rotatable bonds is 3. The summed E-state index contributed by atoms with van der Waals surface area (Å²) >= 11 is 0. The summed E-state index contributed by atoms with van der Waals surface area (Å²) in [5.41, 5.74) is 0. The Labute approximate surface area is 107 Å². The van der Waals surface area contributed by atoms with E-state index < -0.39 is 24.7 Å². The third kappa shape index (κ3) is 3.55. The van der Waals surface area contributed by atoms with Crippen LogP contribution in [0.25, 0.3) is 0 Å². The molecular formula is C11H13F3N4O. The van der Waals surface area contributed by atoms with Crippen LogP contribution >= 0.6 is 0 Å². The van der Waals surface area contributed by atoms with Gasteiger partial charge in [0.2, 0.25) is 11.9 Å². The predicted molar refractivity (Wildman–Crippen MR) is 61.5 cm³/mol. The van der Waals surface area contributed by atoms with Crippen LogP contribution in [0.1, 0.15) is 12.8 Å². The number of carbonyl (C=O) groups excluding carboxylic acids is 1. The van der Waals surface area contributed by atoms with Gasteiger partial charge in [0.05, 0.1) is 0 Å². The molecule has 0 aliphatic carbocycles. The first-order chi connectivity index (χ1) is 8.97. The average Bonchev–Trinajstić information content (AvgIpc) is 2.85. The van der Waals surface area contributed by atoms with Gasteiger partial charge in [0, 0.05) is 18.9 Å². The summed E-state index contributed by atoms with van der Waals surface area (Å²) in [5, 5.41) is 1.90. The van der Waals surface area contributed by atoms with Crippen LogP contribution in [0, 0.1) is 0 Å². The smallest absolute Gasteiger partial charge is 0.345 e. The van der Waals surface area contributed by atoms with Crippen LogP contribution in [-0.4, -0.2) is 41.2 Å². The zero-order valence-corrected chi connectivity index (χ0v) is 10.0. The fourth-order valence-corrected chi connectivity index (χ4v) is 2.02. The van der Waals surface area contributed by atoms with Crippen molar-refractivity contribution in [2.24, 2.45) is 0 Å². The fourth-order valence-electron chi connectivity index (χ4n) is 2.02. The van der Waals surface area contributed by atoms with Crippen LogP contribution < -0.4 is 10.2 Å².